The third-order valence-corrected chi connectivity index (χ3v) is 3.54. The van der Waals surface area contributed by atoms with Crippen molar-refractivity contribution in [1.82, 2.24) is 4.98 Å². The lowest BCUT2D eigenvalue weighted by Gasteiger charge is -2.29. The van der Waals surface area contributed by atoms with Crippen LogP contribution in [0.3, 0.4) is 0 Å². The van der Waals surface area contributed by atoms with Gasteiger partial charge in [0.25, 0.3) is 0 Å². The molecular formula is C16H13BrN4O2. The summed E-state index contributed by atoms with van der Waals surface area (Å²) in [7, 11) is 0. The van der Waals surface area contributed by atoms with Crippen molar-refractivity contribution in [3.63, 3.8) is 0 Å². The molecule has 6 nitrogen and oxygen atoms in total. The largest absolute Gasteiger partial charge is 0.466 e. The number of nitrogens with zero attached hydrogens (tertiary/aromatic N) is 3. The van der Waals surface area contributed by atoms with E-state index >= 15 is 0 Å². The molecule has 0 amide bonds. The SMILES string of the molecule is CC1(C)N=C(Oc2ncc(Br)cc2N)c2cc(C#N)ccc2O1. The number of aliphatic imine (C=N–C) groups is 1. The Morgan fingerprint density at radius 3 is 2.83 bits per heavy atom. The van der Waals surface area contributed by atoms with Gasteiger partial charge in [0.2, 0.25) is 11.8 Å². The van der Waals surface area contributed by atoms with E-state index in [0.717, 1.165) is 4.47 Å². The molecule has 1 aliphatic rings. The lowest BCUT2D eigenvalue weighted by atomic mass is 10.1. The number of hydrogen-bond donors (Lipinski definition) is 1. The average Bonchev–Trinajstić information content (AvgIpc) is 2.48. The van der Waals surface area contributed by atoms with Gasteiger partial charge in [-0.2, -0.15) is 5.26 Å². The van der Waals surface area contributed by atoms with Crippen molar-refractivity contribution in [2.45, 2.75) is 19.6 Å². The molecule has 116 valence electrons. The fourth-order valence-electron chi connectivity index (χ4n) is 2.15. The van der Waals surface area contributed by atoms with E-state index in [1.165, 1.54) is 0 Å². The molecule has 0 atom stereocenters. The molecule has 1 aromatic heterocycles. The van der Waals surface area contributed by atoms with Gasteiger partial charge in [-0.25, -0.2) is 9.98 Å². The van der Waals surface area contributed by atoms with E-state index in [-0.39, 0.29) is 5.88 Å². The molecule has 2 aromatic rings. The molecular weight excluding hydrogens is 360 g/mol. The Balaban J connectivity index is 2.06. The number of aromatic nitrogens is 1. The maximum atomic E-state index is 9.08. The molecule has 3 rings (SSSR count). The van der Waals surface area contributed by atoms with Crippen LogP contribution >= 0.6 is 15.9 Å². The highest BCUT2D eigenvalue weighted by Crippen LogP contribution is 2.32. The van der Waals surface area contributed by atoms with Crippen LogP contribution in [0.2, 0.25) is 0 Å². The Morgan fingerprint density at radius 2 is 2.13 bits per heavy atom. The molecule has 7 heteroatoms. The van der Waals surface area contributed by atoms with Gasteiger partial charge in [-0.15, -0.1) is 0 Å². The number of benzene rings is 1. The topological polar surface area (TPSA) is 93.5 Å². The Labute approximate surface area is 141 Å². The number of anilines is 1. The first-order chi connectivity index (χ1) is 10.9. The van der Waals surface area contributed by atoms with E-state index in [2.05, 4.69) is 32.0 Å². The molecule has 2 N–H and O–H groups in total. The zero-order valence-corrected chi connectivity index (χ0v) is 14.1. The molecule has 0 fully saturated rings. The Hall–Kier alpha value is -2.59. The number of rotatable bonds is 1. The smallest absolute Gasteiger partial charge is 0.244 e. The van der Waals surface area contributed by atoms with Crippen LogP contribution in [0.1, 0.15) is 25.0 Å². The number of ether oxygens (including phenoxy) is 2. The molecule has 0 unspecified atom stereocenters. The molecule has 0 saturated carbocycles. The number of nitrogens with two attached hydrogens (primary N) is 1. The minimum absolute atomic E-state index is 0.248. The van der Waals surface area contributed by atoms with E-state index < -0.39 is 5.72 Å². The summed E-state index contributed by atoms with van der Waals surface area (Å²) in [5.41, 5.74) is 6.59. The lowest BCUT2D eigenvalue weighted by Crippen LogP contribution is -2.34. The van der Waals surface area contributed by atoms with Crippen LogP contribution in [0.25, 0.3) is 0 Å². The highest BCUT2D eigenvalue weighted by molar-refractivity contribution is 9.10. The molecule has 23 heavy (non-hydrogen) atoms. The highest BCUT2D eigenvalue weighted by atomic mass is 79.9. The fraction of sp³-hybridized carbons (Fsp3) is 0.188. The third-order valence-electron chi connectivity index (χ3n) is 3.11. The van der Waals surface area contributed by atoms with Gasteiger partial charge in [0.15, 0.2) is 5.72 Å². The predicted molar refractivity (Wildman–Crippen MR) is 89.4 cm³/mol. The van der Waals surface area contributed by atoms with Crippen molar-refractivity contribution in [2.24, 2.45) is 4.99 Å². The second-order valence-electron chi connectivity index (χ2n) is 5.44. The van der Waals surface area contributed by atoms with Crippen molar-refractivity contribution in [1.29, 1.82) is 5.26 Å². The average molecular weight is 373 g/mol. The van der Waals surface area contributed by atoms with Crippen molar-refractivity contribution in [3.8, 4) is 17.7 Å². The Morgan fingerprint density at radius 1 is 1.35 bits per heavy atom. The summed E-state index contributed by atoms with van der Waals surface area (Å²) in [6.45, 7) is 3.63. The number of pyridine rings is 1. The summed E-state index contributed by atoms with van der Waals surface area (Å²) in [5, 5.41) is 9.08. The van der Waals surface area contributed by atoms with Crippen LogP contribution in [-0.2, 0) is 0 Å². The van der Waals surface area contributed by atoms with Crippen LogP contribution < -0.4 is 15.2 Å². The first-order valence-corrected chi connectivity index (χ1v) is 7.59. The third kappa shape index (κ3) is 3.12. The van der Waals surface area contributed by atoms with Gasteiger partial charge < -0.3 is 15.2 Å². The van der Waals surface area contributed by atoms with Crippen LogP contribution in [-0.4, -0.2) is 16.6 Å². The van der Waals surface area contributed by atoms with Gasteiger partial charge in [-0.05, 0) is 54.0 Å². The second kappa shape index (κ2) is 5.56. The summed E-state index contributed by atoms with van der Waals surface area (Å²) < 4.78 is 12.4. The van der Waals surface area contributed by atoms with Crippen molar-refractivity contribution in [2.75, 3.05) is 5.73 Å². The minimum Gasteiger partial charge on any atom is -0.466 e. The van der Waals surface area contributed by atoms with E-state index in [1.54, 1.807) is 30.5 Å². The van der Waals surface area contributed by atoms with E-state index in [0.29, 0.717) is 28.5 Å². The quantitative estimate of drug-likeness (QED) is 0.828. The number of fused-ring (bicyclic) bond motifs is 1. The summed E-state index contributed by atoms with van der Waals surface area (Å²) in [6, 6.07) is 8.86. The lowest BCUT2D eigenvalue weighted by molar-refractivity contribution is 0.112. The van der Waals surface area contributed by atoms with Crippen LogP contribution in [0, 0.1) is 11.3 Å². The zero-order valence-electron chi connectivity index (χ0n) is 12.5. The molecule has 1 aromatic carbocycles. The molecule has 0 saturated heterocycles. The molecule has 0 radical (unpaired) electrons. The minimum atomic E-state index is -0.791. The van der Waals surface area contributed by atoms with E-state index in [4.69, 9.17) is 20.5 Å². The van der Waals surface area contributed by atoms with E-state index in [9.17, 15) is 0 Å². The van der Waals surface area contributed by atoms with Gasteiger partial charge >= 0.3 is 0 Å². The molecule has 0 bridgehead atoms. The van der Waals surface area contributed by atoms with Gasteiger partial charge in [0.1, 0.15) is 5.75 Å². The van der Waals surface area contributed by atoms with Gasteiger partial charge in [-0.3, -0.25) is 0 Å². The highest BCUT2D eigenvalue weighted by Gasteiger charge is 2.30. The zero-order chi connectivity index (χ0) is 16.6. The first-order valence-electron chi connectivity index (χ1n) is 6.80. The molecule has 0 spiro atoms. The van der Waals surface area contributed by atoms with Crippen molar-refractivity contribution >= 4 is 27.5 Å². The first kappa shape index (κ1) is 15.3. The summed E-state index contributed by atoms with van der Waals surface area (Å²) in [5.74, 6) is 1.16. The number of nitrogen functional groups attached to an aromatic ring is 1. The van der Waals surface area contributed by atoms with Gasteiger partial charge in [-0.1, -0.05) is 0 Å². The van der Waals surface area contributed by atoms with Crippen LogP contribution in [0.5, 0.6) is 11.6 Å². The maximum absolute atomic E-state index is 9.08. The van der Waals surface area contributed by atoms with E-state index in [1.807, 2.05) is 13.8 Å². The monoisotopic (exact) mass is 372 g/mol. The maximum Gasteiger partial charge on any atom is 0.244 e. The number of halogens is 1. The molecule has 1 aliphatic heterocycles. The normalized spacial score (nSPS) is 15.0. The van der Waals surface area contributed by atoms with Gasteiger partial charge in [0, 0.05) is 10.7 Å². The van der Waals surface area contributed by atoms with Crippen molar-refractivity contribution < 1.29 is 9.47 Å². The predicted octanol–water partition coefficient (Wildman–Crippen LogP) is 3.25. The second-order valence-corrected chi connectivity index (χ2v) is 6.35. The fourth-order valence-corrected chi connectivity index (χ4v) is 2.50. The Bertz CT molecular complexity index is 856. The Kier molecular flexibility index (Phi) is 3.70. The molecule has 0 aliphatic carbocycles. The van der Waals surface area contributed by atoms with Crippen LogP contribution in [0.15, 0.2) is 39.9 Å². The van der Waals surface area contributed by atoms with Gasteiger partial charge in [0.05, 0.1) is 22.9 Å². The summed E-state index contributed by atoms with van der Waals surface area (Å²) in [4.78, 5) is 8.60. The summed E-state index contributed by atoms with van der Waals surface area (Å²) >= 11 is 3.30. The van der Waals surface area contributed by atoms with Crippen LogP contribution in [0.4, 0.5) is 5.69 Å². The standard InChI is InChI=1S/C16H13BrN4O2/c1-16(2)21-14(22-15-12(19)6-10(17)8-20-15)11-5-9(7-18)3-4-13(11)23-16/h3-6,8H,19H2,1-2H3. The number of hydrogen-bond acceptors (Lipinski definition) is 6. The number of nitriles is 1. The molecule has 2 heterocycles. The van der Waals surface area contributed by atoms with Crippen molar-refractivity contribution in [3.05, 3.63) is 46.1 Å². The summed E-state index contributed by atoms with van der Waals surface area (Å²) in [6.07, 6.45) is 1.59.